The fourth-order valence-electron chi connectivity index (χ4n) is 2.67. The first kappa shape index (κ1) is 20.1. The Morgan fingerprint density at radius 2 is 1.73 bits per heavy atom. The lowest BCUT2D eigenvalue weighted by Gasteiger charge is -2.33. The fourth-order valence-corrected chi connectivity index (χ4v) is 2.67. The molecule has 1 aromatic carbocycles. The van der Waals surface area contributed by atoms with Gasteiger partial charge in [0.05, 0.1) is 0 Å². The molecule has 1 heterocycles. The Labute approximate surface area is 155 Å². The minimum absolute atomic E-state index is 0.113. The summed E-state index contributed by atoms with van der Waals surface area (Å²) in [6, 6.07) is 7.66. The van der Waals surface area contributed by atoms with Crippen LogP contribution in [0.2, 0.25) is 0 Å². The van der Waals surface area contributed by atoms with Gasteiger partial charge >= 0.3 is 12.1 Å². The van der Waals surface area contributed by atoms with Gasteiger partial charge in [0.25, 0.3) is 0 Å². The Morgan fingerprint density at radius 3 is 2.27 bits per heavy atom. The highest BCUT2D eigenvalue weighted by Crippen LogP contribution is 2.18. The van der Waals surface area contributed by atoms with Gasteiger partial charge in [0.15, 0.2) is 6.61 Å². The predicted octanol–water partition coefficient (Wildman–Crippen LogP) is 3.57. The maximum absolute atomic E-state index is 12.0. The summed E-state index contributed by atoms with van der Waals surface area (Å²) in [4.78, 5) is 25.6. The molecule has 1 aliphatic rings. The maximum Gasteiger partial charge on any atom is 0.410 e. The fraction of sp³-hybridized carbons (Fsp3) is 0.600. The smallest absolute Gasteiger partial charge is 0.410 e. The lowest BCUT2D eigenvalue weighted by molar-refractivity contribution is -0.153. The number of ether oxygens (including phenoxy) is 3. The third-order valence-electron chi connectivity index (χ3n) is 4.08. The summed E-state index contributed by atoms with van der Waals surface area (Å²) in [5, 5.41) is 0. The Kier molecular flexibility index (Phi) is 6.89. The molecule has 26 heavy (non-hydrogen) atoms. The van der Waals surface area contributed by atoms with E-state index < -0.39 is 5.60 Å². The van der Waals surface area contributed by atoms with E-state index >= 15 is 0 Å². The lowest BCUT2D eigenvalue weighted by Crippen LogP contribution is -2.44. The van der Waals surface area contributed by atoms with Crippen LogP contribution in [0.3, 0.4) is 0 Å². The third kappa shape index (κ3) is 6.58. The van der Waals surface area contributed by atoms with Gasteiger partial charge in [-0.25, -0.2) is 9.59 Å². The highest BCUT2D eigenvalue weighted by molar-refractivity contribution is 5.71. The molecule has 1 aromatic rings. The molecule has 6 nitrogen and oxygen atoms in total. The van der Waals surface area contributed by atoms with E-state index in [1.165, 1.54) is 5.56 Å². The van der Waals surface area contributed by atoms with Crippen molar-refractivity contribution in [1.82, 2.24) is 4.90 Å². The maximum atomic E-state index is 12.0. The van der Waals surface area contributed by atoms with E-state index in [2.05, 4.69) is 6.92 Å². The number of rotatable bonds is 5. The molecule has 0 N–H and O–H groups in total. The summed E-state index contributed by atoms with van der Waals surface area (Å²) in [6.45, 7) is 8.54. The first-order valence-corrected chi connectivity index (χ1v) is 9.16. The summed E-state index contributed by atoms with van der Waals surface area (Å²) in [5.41, 5.74) is 0.712. The number of hydrogen-bond donors (Lipinski definition) is 0. The van der Waals surface area contributed by atoms with E-state index in [9.17, 15) is 9.59 Å². The molecule has 0 aromatic heterocycles. The van der Waals surface area contributed by atoms with Crippen LogP contribution in [0, 0.1) is 0 Å². The van der Waals surface area contributed by atoms with Crippen LogP contribution in [-0.4, -0.2) is 48.4 Å². The molecule has 1 fully saturated rings. The summed E-state index contributed by atoms with van der Waals surface area (Å²) in [5.74, 6) is 0.263. The number of carbonyl (C=O) groups is 2. The quantitative estimate of drug-likeness (QED) is 0.748. The molecule has 0 radical (unpaired) electrons. The number of esters is 1. The molecule has 1 saturated heterocycles. The van der Waals surface area contributed by atoms with Crippen molar-refractivity contribution in [3.05, 3.63) is 29.8 Å². The minimum atomic E-state index is -0.507. The van der Waals surface area contributed by atoms with Crippen molar-refractivity contribution in [3.8, 4) is 5.75 Å². The normalized spacial score (nSPS) is 15.5. The first-order valence-electron chi connectivity index (χ1n) is 9.16. The van der Waals surface area contributed by atoms with Crippen molar-refractivity contribution < 1.29 is 23.8 Å². The van der Waals surface area contributed by atoms with E-state index in [0.29, 0.717) is 31.7 Å². The number of carbonyl (C=O) groups excluding carboxylic acids is 2. The predicted molar refractivity (Wildman–Crippen MR) is 98.2 cm³/mol. The van der Waals surface area contributed by atoms with Crippen LogP contribution in [-0.2, 0) is 20.7 Å². The minimum Gasteiger partial charge on any atom is -0.482 e. The van der Waals surface area contributed by atoms with Crippen LogP contribution in [0.5, 0.6) is 5.75 Å². The van der Waals surface area contributed by atoms with Crippen LogP contribution >= 0.6 is 0 Å². The van der Waals surface area contributed by atoms with Crippen LogP contribution in [0.4, 0.5) is 4.79 Å². The van der Waals surface area contributed by atoms with Crippen molar-refractivity contribution in [1.29, 1.82) is 0 Å². The second kappa shape index (κ2) is 8.92. The van der Waals surface area contributed by atoms with Crippen LogP contribution in [0.15, 0.2) is 24.3 Å². The monoisotopic (exact) mass is 363 g/mol. The van der Waals surface area contributed by atoms with Gasteiger partial charge in [-0.2, -0.15) is 0 Å². The Balaban J connectivity index is 1.69. The van der Waals surface area contributed by atoms with Crippen molar-refractivity contribution in [2.75, 3.05) is 19.7 Å². The van der Waals surface area contributed by atoms with E-state index in [1.807, 2.05) is 45.0 Å². The molecule has 0 spiro atoms. The average molecular weight is 363 g/mol. The number of amides is 1. The van der Waals surface area contributed by atoms with E-state index in [1.54, 1.807) is 4.90 Å². The molecule has 6 heteroatoms. The van der Waals surface area contributed by atoms with E-state index in [0.717, 1.165) is 6.42 Å². The van der Waals surface area contributed by atoms with Crippen molar-refractivity contribution >= 4 is 12.1 Å². The van der Waals surface area contributed by atoms with Crippen molar-refractivity contribution in [2.24, 2.45) is 0 Å². The highest BCUT2D eigenvalue weighted by Gasteiger charge is 2.28. The Bertz CT molecular complexity index is 598. The van der Waals surface area contributed by atoms with Gasteiger partial charge in [-0.05, 0) is 44.9 Å². The molecule has 0 atom stereocenters. The van der Waals surface area contributed by atoms with Gasteiger partial charge in [0.2, 0.25) is 0 Å². The second-order valence-electron chi connectivity index (χ2n) is 7.44. The Hall–Kier alpha value is -2.24. The first-order chi connectivity index (χ1) is 12.3. The summed E-state index contributed by atoms with van der Waals surface area (Å²) in [7, 11) is 0. The lowest BCUT2D eigenvalue weighted by atomic mass is 10.1. The molecular formula is C20H29NO5. The zero-order valence-corrected chi connectivity index (χ0v) is 16.1. The zero-order valence-electron chi connectivity index (χ0n) is 16.1. The van der Waals surface area contributed by atoms with Crippen LogP contribution < -0.4 is 4.74 Å². The van der Waals surface area contributed by atoms with E-state index in [-0.39, 0.29) is 24.8 Å². The van der Waals surface area contributed by atoms with Crippen molar-refractivity contribution in [2.45, 2.75) is 58.7 Å². The molecule has 0 unspecified atom stereocenters. The largest absolute Gasteiger partial charge is 0.482 e. The molecule has 2 rings (SSSR count). The number of likely N-dealkylation sites (tertiary alicyclic amines) is 1. The number of nitrogens with zero attached hydrogens (tertiary/aromatic N) is 1. The van der Waals surface area contributed by atoms with Gasteiger partial charge < -0.3 is 19.1 Å². The topological polar surface area (TPSA) is 65.1 Å². The van der Waals surface area contributed by atoms with Gasteiger partial charge in [-0.15, -0.1) is 0 Å². The van der Waals surface area contributed by atoms with Gasteiger partial charge in [0.1, 0.15) is 17.5 Å². The average Bonchev–Trinajstić information content (AvgIpc) is 2.59. The molecule has 144 valence electrons. The van der Waals surface area contributed by atoms with Crippen LogP contribution in [0.25, 0.3) is 0 Å². The van der Waals surface area contributed by atoms with Crippen LogP contribution in [0.1, 0.15) is 46.1 Å². The van der Waals surface area contributed by atoms with Gasteiger partial charge in [-0.1, -0.05) is 19.1 Å². The molecule has 1 amide bonds. The molecule has 0 saturated carbocycles. The summed E-state index contributed by atoms with van der Waals surface area (Å²) < 4.78 is 16.3. The van der Waals surface area contributed by atoms with E-state index in [4.69, 9.17) is 14.2 Å². The molecule has 1 aliphatic heterocycles. The van der Waals surface area contributed by atoms with Gasteiger partial charge in [-0.3, -0.25) is 0 Å². The summed E-state index contributed by atoms with van der Waals surface area (Å²) in [6.07, 6.45) is 1.67. The molecule has 0 aliphatic carbocycles. The van der Waals surface area contributed by atoms with Gasteiger partial charge in [0, 0.05) is 25.9 Å². The van der Waals surface area contributed by atoms with Crippen molar-refractivity contribution in [3.63, 3.8) is 0 Å². The molecule has 0 bridgehead atoms. The third-order valence-corrected chi connectivity index (χ3v) is 4.08. The number of aryl methyl sites for hydroxylation is 1. The summed E-state index contributed by atoms with van der Waals surface area (Å²) >= 11 is 0. The number of piperidine rings is 1. The molecular weight excluding hydrogens is 334 g/mol. The number of hydrogen-bond acceptors (Lipinski definition) is 5. The zero-order chi connectivity index (χ0) is 19.2. The highest BCUT2D eigenvalue weighted by atomic mass is 16.6. The second-order valence-corrected chi connectivity index (χ2v) is 7.44. The SMILES string of the molecule is CCc1ccc(OCC(=O)OC2CCN(C(=O)OC(C)(C)C)CC2)cc1. The Morgan fingerprint density at radius 1 is 1.12 bits per heavy atom. The number of benzene rings is 1. The standard InChI is InChI=1S/C20H29NO5/c1-5-15-6-8-16(9-7-15)24-14-18(22)25-17-10-12-21(13-11-17)19(23)26-20(2,3)4/h6-9,17H,5,10-14H2,1-4H3.